The minimum Gasteiger partial charge on any atom is -0.369 e. The molecule has 1 aliphatic carbocycles. The van der Waals surface area contributed by atoms with Gasteiger partial charge >= 0.3 is 6.61 Å². The van der Waals surface area contributed by atoms with Gasteiger partial charge in [0.15, 0.2) is 0 Å². The van der Waals surface area contributed by atoms with Crippen LogP contribution in [0.15, 0.2) is 28.8 Å². The van der Waals surface area contributed by atoms with Crippen LogP contribution < -0.4 is 5.32 Å². The number of thioether (sulfide) groups is 1. The van der Waals surface area contributed by atoms with Gasteiger partial charge in [0.05, 0.1) is 12.6 Å². The Morgan fingerprint density at radius 2 is 2.09 bits per heavy atom. The van der Waals surface area contributed by atoms with E-state index in [2.05, 4.69) is 34.3 Å². The van der Waals surface area contributed by atoms with Crippen LogP contribution in [0.1, 0.15) is 32.6 Å². The third-order valence-electron chi connectivity index (χ3n) is 4.54. The first-order valence-corrected chi connectivity index (χ1v) is 9.47. The maximum atomic E-state index is 12.2. The Labute approximate surface area is 141 Å². The number of amidine groups is 1. The lowest BCUT2D eigenvalue weighted by atomic mass is 9.83. The lowest BCUT2D eigenvalue weighted by Crippen LogP contribution is -2.36. The summed E-state index contributed by atoms with van der Waals surface area (Å²) in [5, 5.41) is 3.89. The second-order valence-corrected chi connectivity index (χ2v) is 7.24. The first-order valence-electron chi connectivity index (χ1n) is 8.18. The van der Waals surface area contributed by atoms with Crippen LogP contribution in [0.3, 0.4) is 0 Å². The fraction of sp³-hybridized carbons (Fsp3) is 0.706. The van der Waals surface area contributed by atoms with E-state index in [0.29, 0.717) is 24.0 Å². The number of nitrogens with one attached hydrogen (secondary N) is 1. The Hall–Kier alpha value is -0.880. The standard InChI is InChI=1S/C17H26F2N2OS/c1-12(13-6-8-14(9-7-13)22-17(18)19)4-3-5-16-20-10-15(23-2)11-21-16/h3-5,13-15,17H,6-11H2,1-2H3,(H,20,21)/b5-3+,12-4+. The molecule has 2 aliphatic rings. The van der Waals surface area contributed by atoms with Crippen LogP contribution >= 0.6 is 11.8 Å². The molecule has 3 nitrogen and oxygen atoms in total. The fourth-order valence-corrected chi connectivity index (χ4v) is 3.51. The molecule has 1 saturated carbocycles. The highest BCUT2D eigenvalue weighted by atomic mass is 32.2. The van der Waals surface area contributed by atoms with Crippen molar-refractivity contribution in [1.82, 2.24) is 5.32 Å². The molecule has 0 aromatic heterocycles. The first kappa shape index (κ1) is 18.5. The van der Waals surface area contributed by atoms with E-state index in [4.69, 9.17) is 0 Å². The van der Waals surface area contributed by atoms with E-state index >= 15 is 0 Å². The van der Waals surface area contributed by atoms with Crippen molar-refractivity contribution in [2.45, 2.75) is 50.6 Å². The summed E-state index contributed by atoms with van der Waals surface area (Å²) in [7, 11) is 0. The van der Waals surface area contributed by atoms with Crippen LogP contribution in [0.25, 0.3) is 0 Å². The zero-order chi connectivity index (χ0) is 16.7. The van der Waals surface area contributed by atoms with Crippen molar-refractivity contribution < 1.29 is 13.5 Å². The number of aliphatic imine (C=N–C) groups is 1. The molecule has 1 aliphatic heterocycles. The molecule has 0 saturated heterocycles. The van der Waals surface area contributed by atoms with Crippen molar-refractivity contribution in [3.8, 4) is 0 Å². The average molecular weight is 344 g/mol. The van der Waals surface area contributed by atoms with Crippen LogP contribution in [0.5, 0.6) is 0 Å². The number of ether oxygens (including phenoxy) is 1. The van der Waals surface area contributed by atoms with E-state index in [1.54, 1.807) is 0 Å². The van der Waals surface area contributed by atoms with E-state index < -0.39 is 6.61 Å². The molecule has 1 heterocycles. The van der Waals surface area contributed by atoms with Gasteiger partial charge in [-0.3, -0.25) is 4.99 Å². The normalized spacial score (nSPS) is 29.7. The van der Waals surface area contributed by atoms with E-state index in [0.717, 1.165) is 31.8 Å². The molecule has 0 spiro atoms. The van der Waals surface area contributed by atoms with Crippen LogP contribution in [0.2, 0.25) is 0 Å². The van der Waals surface area contributed by atoms with E-state index in [9.17, 15) is 8.78 Å². The lowest BCUT2D eigenvalue weighted by molar-refractivity contribution is -0.170. The molecule has 1 unspecified atom stereocenters. The summed E-state index contributed by atoms with van der Waals surface area (Å²) in [6.45, 7) is 1.29. The fourth-order valence-electron chi connectivity index (χ4n) is 3.04. The molecule has 1 fully saturated rings. The number of nitrogens with zero attached hydrogens (tertiary/aromatic N) is 1. The Bertz CT molecular complexity index is 458. The second kappa shape index (κ2) is 9.42. The van der Waals surface area contributed by atoms with Gasteiger partial charge in [0.1, 0.15) is 5.84 Å². The van der Waals surface area contributed by atoms with Gasteiger partial charge < -0.3 is 10.1 Å². The minimum absolute atomic E-state index is 0.278. The number of halogens is 2. The van der Waals surface area contributed by atoms with Gasteiger partial charge in [-0.2, -0.15) is 20.5 Å². The van der Waals surface area contributed by atoms with Crippen LogP contribution in [-0.2, 0) is 4.74 Å². The van der Waals surface area contributed by atoms with Gasteiger partial charge in [-0.05, 0) is 50.9 Å². The van der Waals surface area contributed by atoms with E-state index in [1.807, 2.05) is 23.9 Å². The number of allylic oxidation sites excluding steroid dienone is 3. The summed E-state index contributed by atoms with van der Waals surface area (Å²) >= 11 is 1.84. The Morgan fingerprint density at radius 3 is 2.65 bits per heavy atom. The average Bonchev–Trinajstić information content (AvgIpc) is 2.55. The zero-order valence-corrected chi connectivity index (χ0v) is 14.6. The van der Waals surface area contributed by atoms with Gasteiger partial charge in [-0.1, -0.05) is 17.7 Å². The van der Waals surface area contributed by atoms with Crippen LogP contribution in [-0.4, -0.2) is 43.1 Å². The molecule has 0 aromatic rings. The van der Waals surface area contributed by atoms with Gasteiger partial charge in [0.25, 0.3) is 0 Å². The van der Waals surface area contributed by atoms with E-state index in [-0.39, 0.29) is 6.10 Å². The molecule has 1 N–H and O–H groups in total. The summed E-state index contributed by atoms with van der Waals surface area (Å²) in [5.74, 6) is 1.41. The van der Waals surface area contributed by atoms with Crippen molar-refractivity contribution in [2.24, 2.45) is 10.9 Å². The molecular weight excluding hydrogens is 318 g/mol. The van der Waals surface area contributed by atoms with Crippen LogP contribution in [0, 0.1) is 5.92 Å². The predicted octanol–water partition coefficient (Wildman–Crippen LogP) is 4.02. The topological polar surface area (TPSA) is 33.6 Å². The maximum absolute atomic E-state index is 12.2. The molecule has 0 amide bonds. The predicted molar refractivity (Wildman–Crippen MR) is 93.3 cm³/mol. The van der Waals surface area contributed by atoms with Gasteiger partial charge in [-0.15, -0.1) is 0 Å². The summed E-state index contributed by atoms with van der Waals surface area (Å²) in [5.41, 5.74) is 1.30. The van der Waals surface area contributed by atoms with Gasteiger partial charge in [0, 0.05) is 11.8 Å². The number of rotatable bonds is 6. The highest BCUT2D eigenvalue weighted by Gasteiger charge is 2.24. The lowest BCUT2D eigenvalue weighted by Gasteiger charge is -2.28. The first-order chi connectivity index (χ1) is 11.1. The number of alkyl halides is 2. The molecule has 0 radical (unpaired) electrons. The Balaban J connectivity index is 1.77. The largest absolute Gasteiger partial charge is 0.369 e. The highest BCUT2D eigenvalue weighted by Crippen LogP contribution is 2.31. The molecule has 2 rings (SSSR count). The van der Waals surface area contributed by atoms with Crippen molar-refractivity contribution in [2.75, 3.05) is 19.3 Å². The summed E-state index contributed by atoms with van der Waals surface area (Å²) in [6, 6.07) is 0. The Kier molecular flexibility index (Phi) is 7.56. The van der Waals surface area contributed by atoms with Crippen molar-refractivity contribution in [1.29, 1.82) is 0 Å². The monoisotopic (exact) mass is 344 g/mol. The molecule has 6 heteroatoms. The van der Waals surface area contributed by atoms with Gasteiger partial charge in [0.2, 0.25) is 0 Å². The van der Waals surface area contributed by atoms with Gasteiger partial charge in [-0.25, -0.2) is 0 Å². The smallest absolute Gasteiger partial charge is 0.345 e. The van der Waals surface area contributed by atoms with Crippen LogP contribution in [0.4, 0.5) is 8.78 Å². The van der Waals surface area contributed by atoms with Crippen molar-refractivity contribution in [3.63, 3.8) is 0 Å². The van der Waals surface area contributed by atoms with E-state index in [1.165, 1.54) is 5.57 Å². The molecule has 1 atom stereocenters. The molecule has 23 heavy (non-hydrogen) atoms. The second-order valence-electron chi connectivity index (χ2n) is 6.10. The summed E-state index contributed by atoms with van der Waals surface area (Å²) < 4.78 is 29.0. The maximum Gasteiger partial charge on any atom is 0.345 e. The highest BCUT2D eigenvalue weighted by molar-refractivity contribution is 7.99. The SMILES string of the molecule is CSC1CN=C(/C=C/C=C(\C)C2CCC(OC(F)F)CC2)NC1. The summed E-state index contributed by atoms with van der Waals surface area (Å²) in [6.07, 6.45) is 11.3. The number of hydrogen-bond acceptors (Lipinski definition) is 4. The third-order valence-corrected chi connectivity index (χ3v) is 5.52. The Morgan fingerprint density at radius 1 is 1.35 bits per heavy atom. The molecular formula is C17H26F2N2OS. The van der Waals surface area contributed by atoms with Crippen molar-refractivity contribution >= 4 is 17.6 Å². The zero-order valence-electron chi connectivity index (χ0n) is 13.8. The molecule has 0 aromatic carbocycles. The van der Waals surface area contributed by atoms with Crippen molar-refractivity contribution in [3.05, 3.63) is 23.8 Å². The molecule has 130 valence electrons. The minimum atomic E-state index is -2.65. The quantitative estimate of drug-likeness (QED) is 0.739. The molecule has 0 bridgehead atoms. The summed E-state index contributed by atoms with van der Waals surface area (Å²) in [4.78, 5) is 4.51. The third kappa shape index (κ3) is 6.26. The number of hydrogen-bond donors (Lipinski definition) is 1.